The van der Waals surface area contributed by atoms with Gasteiger partial charge in [-0.2, -0.15) is 0 Å². The molecule has 0 fully saturated rings. The van der Waals surface area contributed by atoms with Gasteiger partial charge in [0.2, 0.25) is 0 Å². The molecular formula is C9H11ClN2O2. The zero-order valence-electron chi connectivity index (χ0n) is 7.40. The van der Waals surface area contributed by atoms with Crippen LogP contribution in [0.1, 0.15) is 5.56 Å². The number of benzene rings is 1. The van der Waals surface area contributed by atoms with Crippen molar-refractivity contribution in [2.24, 2.45) is 5.73 Å². The Labute approximate surface area is 86.5 Å². The van der Waals surface area contributed by atoms with Gasteiger partial charge in [0, 0.05) is 10.7 Å². The summed E-state index contributed by atoms with van der Waals surface area (Å²) in [5.41, 5.74) is 12.1. The minimum atomic E-state index is -1.05. The molecule has 0 aliphatic rings. The lowest BCUT2D eigenvalue weighted by atomic mass is 10.1. The van der Waals surface area contributed by atoms with Crippen LogP contribution in [0.4, 0.5) is 5.69 Å². The maximum absolute atomic E-state index is 10.5. The molecule has 0 unspecified atom stereocenters. The maximum atomic E-state index is 10.5. The molecule has 1 atom stereocenters. The van der Waals surface area contributed by atoms with Gasteiger partial charge in [-0.1, -0.05) is 11.6 Å². The molecule has 0 spiro atoms. The van der Waals surface area contributed by atoms with E-state index in [2.05, 4.69) is 0 Å². The molecule has 1 aromatic rings. The highest BCUT2D eigenvalue weighted by molar-refractivity contribution is 6.31. The summed E-state index contributed by atoms with van der Waals surface area (Å²) in [4.78, 5) is 10.5. The summed E-state index contributed by atoms with van der Waals surface area (Å²) in [6, 6.07) is 3.96. The zero-order chi connectivity index (χ0) is 10.7. The average Bonchev–Trinajstić information content (AvgIpc) is 2.11. The Hall–Kier alpha value is -1.26. The third-order valence-electron chi connectivity index (χ3n) is 1.83. The van der Waals surface area contributed by atoms with Gasteiger partial charge in [-0.3, -0.25) is 4.79 Å². The van der Waals surface area contributed by atoms with Crippen LogP contribution in [0.25, 0.3) is 0 Å². The van der Waals surface area contributed by atoms with E-state index in [1.54, 1.807) is 18.2 Å². The number of carboxylic acids is 1. The van der Waals surface area contributed by atoms with Gasteiger partial charge >= 0.3 is 5.97 Å². The number of hydrogen-bond acceptors (Lipinski definition) is 3. The first-order valence-electron chi connectivity index (χ1n) is 4.03. The van der Waals surface area contributed by atoms with Crippen molar-refractivity contribution < 1.29 is 9.90 Å². The Morgan fingerprint density at radius 2 is 2.21 bits per heavy atom. The van der Waals surface area contributed by atoms with Gasteiger partial charge in [0.05, 0.1) is 0 Å². The number of anilines is 1. The third kappa shape index (κ3) is 2.61. The molecular weight excluding hydrogens is 204 g/mol. The molecule has 0 bridgehead atoms. The molecule has 14 heavy (non-hydrogen) atoms. The topological polar surface area (TPSA) is 89.3 Å². The molecule has 76 valence electrons. The van der Waals surface area contributed by atoms with E-state index in [9.17, 15) is 4.79 Å². The van der Waals surface area contributed by atoms with Crippen LogP contribution in [0.5, 0.6) is 0 Å². The van der Waals surface area contributed by atoms with E-state index in [0.29, 0.717) is 16.3 Å². The highest BCUT2D eigenvalue weighted by Gasteiger charge is 2.13. The number of rotatable bonds is 3. The number of nitrogens with two attached hydrogens (primary N) is 2. The number of carboxylic acid groups (broad SMARTS) is 1. The molecule has 0 saturated carbocycles. The molecule has 0 aromatic heterocycles. The van der Waals surface area contributed by atoms with Gasteiger partial charge in [0.1, 0.15) is 6.04 Å². The van der Waals surface area contributed by atoms with Crippen LogP contribution < -0.4 is 11.5 Å². The summed E-state index contributed by atoms with van der Waals surface area (Å²) >= 11 is 5.84. The lowest BCUT2D eigenvalue weighted by Crippen LogP contribution is -2.32. The lowest BCUT2D eigenvalue weighted by molar-refractivity contribution is -0.138. The van der Waals surface area contributed by atoms with Crippen molar-refractivity contribution >= 4 is 23.3 Å². The van der Waals surface area contributed by atoms with Crippen molar-refractivity contribution in [3.05, 3.63) is 28.8 Å². The van der Waals surface area contributed by atoms with Gasteiger partial charge < -0.3 is 16.6 Å². The van der Waals surface area contributed by atoms with Gasteiger partial charge in [-0.15, -0.1) is 0 Å². The molecule has 5 heteroatoms. The van der Waals surface area contributed by atoms with Gasteiger partial charge in [0.25, 0.3) is 0 Å². The van der Waals surface area contributed by atoms with Crippen molar-refractivity contribution in [1.29, 1.82) is 0 Å². The van der Waals surface area contributed by atoms with E-state index in [0.717, 1.165) is 0 Å². The summed E-state index contributed by atoms with van der Waals surface area (Å²) in [5, 5.41) is 9.09. The zero-order valence-corrected chi connectivity index (χ0v) is 8.16. The quantitative estimate of drug-likeness (QED) is 0.652. The standard InChI is InChI=1S/C9H11ClN2O2/c10-7-2-1-6(11)3-5(7)4-8(12)9(13)14/h1-3,8H,4,11-12H2,(H,13,14)/t8-/m1/s1. The van der Waals surface area contributed by atoms with Crippen molar-refractivity contribution in [3.8, 4) is 0 Å². The number of hydrogen-bond donors (Lipinski definition) is 3. The molecule has 5 N–H and O–H groups in total. The predicted molar refractivity (Wildman–Crippen MR) is 55.2 cm³/mol. The van der Waals surface area contributed by atoms with Crippen LogP contribution >= 0.6 is 11.6 Å². The molecule has 0 radical (unpaired) electrons. The second kappa shape index (κ2) is 4.30. The number of nitrogen functional groups attached to an aromatic ring is 1. The SMILES string of the molecule is Nc1ccc(Cl)c(C[C@@H](N)C(=O)O)c1. The smallest absolute Gasteiger partial charge is 0.320 e. The monoisotopic (exact) mass is 214 g/mol. The Bertz CT molecular complexity index is 355. The van der Waals surface area contributed by atoms with Crippen LogP contribution in [-0.2, 0) is 11.2 Å². The molecule has 1 aromatic carbocycles. The Balaban J connectivity index is 2.85. The van der Waals surface area contributed by atoms with E-state index in [4.69, 9.17) is 28.2 Å². The molecule has 0 aliphatic carbocycles. The summed E-state index contributed by atoms with van der Waals surface area (Å²) in [7, 11) is 0. The molecule has 0 aliphatic heterocycles. The molecule has 4 nitrogen and oxygen atoms in total. The van der Waals surface area contributed by atoms with Crippen LogP contribution in [-0.4, -0.2) is 17.1 Å². The number of halogens is 1. The van der Waals surface area contributed by atoms with Crippen molar-refractivity contribution in [2.45, 2.75) is 12.5 Å². The average molecular weight is 215 g/mol. The summed E-state index contributed by atoms with van der Waals surface area (Å²) < 4.78 is 0. The fourth-order valence-corrected chi connectivity index (χ4v) is 1.27. The van der Waals surface area contributed by atoms with Crippen LogP contribution in [0.2, 0.25) is 5.02 Å². The predicted octanol–water partition coefficient (Wildman–Crippen LogP) is 0.877. The second-order valence-electron chi connectivity index (χ2n) is 3.00. The van der Waals surface area contributed by atoms with E-state index >= 15 is 0 Å². The minimum Gasteiger partial charge on any atom is -0.480 e. The Kier molecular flexibility index (Phi) is 3.33. The number of carbonyl (C=O) groups is 1. The normalized spacial score (nSPS) is 12.4. The molecule has 0 heterocycles. The maximum Gasteiger partial charge on any atom is 0.320 e. The van der Waals surface area contributed by atoms with Gasteiger partial charge in [0.15, 0.2) is 0 Å². The van der Waals surface area contributed by atoms with Crippen molar-refractivity contribution in [3.63, 3.8) is 0 Å². The van der Waals surface area contributed by atoms with E-state index in [-0.39, 0.29) is 6.42 Å². The van der Waals surface area contributed by atoms with Crippen molar-refractivity contribution in [2.75, 3.05) is 5.73 Å². The molecule has 0 saturated heterocycles. The first-order valence-corrected chi connectivity index (χ1v) is 4.41. The van der Waals surface area contributed by atoms with Crippen LogP contribution in [0, 0.1) is 0 Å². The largest absolute Gasteiger partial charge is 0.480 e. The second-order valence-corrected chi connectivity index (χ2v) is 3.41. The fourth-order valence-electron chi connectivity index (χ4n) is 1.08. The third-order valence-corrected chi connectivity index (χ3v) is 2.20. The summed E-state index contributed by atoms with van der Waals surface area (Å²) in [5.74, 6) is -1.05. The Morgan fingerprint density at radius 3 is 2.79 bits per heavy atom. The van der Waals surface area contributed by atoms with Gasteiger partial charge in [-0.25, -0.2) is 0 Å². The van der Waals surface area contributed by atoms with Crippen molar-refractivity contribution in [1.82, 2.24) is 0 Å². The molecule has 1 rings (SSSR count). The van der Waals surface area contributed by atoms with Gasteiger partial charge in [-0.05, 0) is 30.2 Å². The lowest BCUT2D eigenvalue weighted by Gasteiger charge is -2.08. The van der Waals surface area contributed by atoms with E-state index < -0.39 is 12.0 Å². The first kappa shape index (κ1) is 10.8. The molecule has 0 amide bonds. The summed E-state index contributed by atoms with van der Waals surface area (Å²) in [6.07, 6.45) is 0.180. The van der Waals surface area contributed by atoms with Crippen LogP contribution in [0.3, 0.4) is 0 Å². The highest BCUT2D eigenvalue weighted by Crippen LogP contribution is 2.19. The minimum absolute atomic E-state index is 0.180. The summed E-state index contributed by atoms with van der Waals surface area (Å²) in [6.45, 7) is 0. The fraction of sp³-hybridized carbons (Fsp3) is 0.222. The Morgan fingerprint density at radius 1 is 1.57 bits per heavy atom. The number of aliphatic carboxylic acids is 1. The van der Waals surface area contributed by atoms with E-state index in [1.807, 2.05) is 0 Å². The van der Waals surface area contributed by atoms with Crippen LogP contribution in [0.15, 0.2) is 18.2 Å². The highest BCUT2D eigenvalue weighted by atomic mass is 35.5. The van der Waals surface area contributed by atoms with E-state index in [1.165, 1.54) is 0 Å². The first-order chi connectivity index (χ1) is 6.50.